The van der Waals surface area contributed by atoms with Crippen LogP contribution in [0.3, 0.4) is 0 Å². The van der Waals surface area contributed by atoms with E-state index in [1.165, 1.54) is 24.6 Å². The summed E-state index contributed by atoms with van der Waals surface area (Å²) in [6, 6.07) is 12.9. The van der Waals surface area contributed by atoms with Gasteiger partial charge in [-0.1, -0.05) is 55.7 Å². The minimum atomic E-state index is 0.0463. The number of anilines is 1. The van der Waals surface area contributed by atoms with Gasteiger partial charge in [-0.15, -0.1) is 0 Å². The third-order valence-corrected chi connectivity index (χ3v) is 4.56. The van der Waals surface area contributed by atoms with Gasteiger partial charge in [0.2, 0.25) is 5.91 Å². The fraction of sp³-hybridized carbons (Fsp3) is 0.421. The molecule has 1 saturated carbocycles. The molecule has 1 N–H and O–H groups in total. The van der Waals surface area contributed by atoms with E-state index in [0.717, 1.165) is 29.5 Å². The van der Waals surface area contributed by atoms with Gasteiger partial charge in [-0.05, 0) is 30.7 Å². The van der Waals surface area contributed by atoms with Crippen LogP contribution in [0, 0.1) is 6.92 Å². The van der Waals surface area contributed by atoms with Crippen molar-refractivity contribution in [2.75, 3.05) is 5.01 Å². The van der Waals surface area contributed by atoms with Crippen LogP contribution in [0.1, 0.15) is 44.6 Å². The summed E-state index contributed by atoms with van der Waals surface area (Å²) >= 11 is 0. The van der Waals surface area contributed by atoms with E-state index in [9.17, 15) is 4.79 Å². The molecule has 0 aliphatic heterocycles. The summed E-state index contributed by atoms with van der Waals surface area (Å²) in [5.74, 6) is 0.0463. The predicted molar refractivity (Wildman–Crippen MR) is 91.9 cm³/mol. The number of nitrogens with zero attached hydrogens (tertiary/aromatic N) is 1. The SMILES string of the molecule is CC(=O)N(NC1CCCCC1)c1c(C)ccc2ccccc12. The molecule has 1 aliphatic carbocycles. The summed E-state index contributed by atoms with van der Waals surface area (Å²) in [5, 5.41) is 4.06. The van der Waals surface area contributed by atoms with Crippen LogP contribution in [-0.4, -0.2) is 11.9 Å². The maximum atomic E-state index is 12.3. The molecule has 0 aromatic heterocycles. The van der Waals surface area contributed by atoms with Crippen LogP contribution in [0.25, 0.3) is 10.8 Å². The van der Waals surface area contributed by atoms with Crippen molar-refractivity contribution in [1.29, 1.82) is 0 Å². The molecule has 0 atom stereocenters. The third kappa shape index (κ3) is 3.00. The molecular weight excluding hydrogens is 272 g/mol. The first-order valence-corrected chi connectivity index (χ1v) is 8.22. The van der Waals surface area contributed by atoms with Crippen LogP contribution in [0.5, 0.6) is 0 Å². The molecule has 1 amide bonds. The Labute approximate surface area is 132 Å². The van der Waals surface area contributed by atoms with E-state index < -0.39 is 0 Å². The Morgan fingerprint density at radius 1 is 1.09 bits per heavy atom. The van der Waals surface area contributed by atoms with Crippen molar-refractivity contribution < 1.29 is 4.79 Å². The number of hydrogen-bond acceptors (Lipinski definition) is 2. The second-order valence-electron chi connectivity index (χ2n) is 6.27. The van der Waals surface area contributed by atoms with Gasteiger partial charge in [-0.25, -0.2) is 10.4 Å². The van der Waals surface area contributed by atoms with Gasteiger partial charge < -0.3 is 0 Å². The smallest absolute Gasteiger partial charge is 0.238 e. The van der Waals surface area contributed by atoms with Crippen molar-refractivity contribution in [2.24, 2.45) is 0 Å². The minimum absolute atomic E-state index is 0.0463. The van der Waals surface area contributed by atoms with Crippen LogP contribution in [0.2, 0.25) is 0 Å². The summed E-state index contributed by atoms with van der Waals surface area (Å²) in [4.78, 5) is 12.3. The molecule has 1 aliphatic rings. The molecule has 3 nitrogen and oxygen atoms in total. The Kier molecular flexibility index (Phi) is 4.44. The van der Waals surface area contributed by atoms with Gasteiger partial charge in [0.05, 0.1) is 5.69 Å². The first kappa shape index (κ1) is 15.0. The number of benzene rings is 2. The van der Waals surface area contributed by atoms with Gasteiger partial charge >= 0.3 is 0 Å². The number of carbonyl (C=O) groups is 1. The minimum Gasteiger partial charge on any atom is -0.273 e. The fourth-order valence-corrected chi connectivity index (χ4v) is 3.39. The Balaban J connectivity index is 2.00. The van der Waals surface area contributed by atoms with Gasteiger partial charge in [-0.3, -0.25) is 4.79 Å². The van der Waals surface area contributed by atoms with Gasteiger partial charge in [0.15, 0.2) is 0 Å². The number of nitrogens with one attached hydrogen (secondary N) is 1. The molecule has 1 fully saturated rings. The molecule has 0 radical (unpaired) electrons. The van der Waals surface area contributed by atoms with Crippen LogP contribution in [0.4, 0.5) is 5.69 Å². The first-order chi connectivity index (χ1) is 10.7. The highest BCUT2D eigenvalue weighted by molar-refractivity contribution is 6.03. The van der Waals surface area contributed by atoms with Gasteiger partial charge in [-0.2, -0.15) is 0 Å². The molecule has 0 spiro atoms. The summed E-state index contributed by atoms with van der Waals surface area (Å²) in [5.41, 5.74) is 5.61. The third-order valence-electron chi connectivity index (χ3n) is 4.56. The summed E-state index contributed by atoms with van der Waals surface area (Å²) in [7, 11) is 0. The van der Waals surface area contributed by atoms with E-state index >= 15 is 0 Å². The Bertz CT molecular complexity index is 674. The predicted octanol–water partition coefficient (Wildman–Crippen LogP) is 4.34. The standard InChI is InChI=1S/C19H24N2O/c1-14-12-13-16-8-6-7-11-18(16)19(14)21(15(2)22)20-17-9-4-3-5-10-17/h6-8,11-13,17,20H,3-5,9-10H2,1-2H3. The summed E-state index contributed by atoms with van der Waals surface area (Å²) in [6.45, 7) is 3.71. The fourth-order valence-electron chi connectivity index (χ4n) is 3.39. The van der Waals surface area contributed by atoms with Crippen molar-refractivity contribution in [2.45, 2.75) is 52.0 Å². The lowest BCUT2D eigenvalue weighted by Crippen LogP contribution is -2.48. The zero-order valence-corrected chi connectivity index (χ0v) is 13.4. The zero-order valence-electron chi connectivity index (χ0n) is 13.4. The zero-order chi connectivity index (χ0) is 15.5. The molecule has 22 heavy (non-hydrogen) atoms. The van der Waals surface area contributed by atoms with Crippen LogP contribution in [0.15, 0.2) is 36.4 Å². The van der Waals surface area contributed by atoms with E-state index in [1.807, 2.05) is 12.1 Å². The number of amides is 1. The number of fused-ring (bicyclic) bond motifs is 1. The van der Waals surface area contributed by atoms with Crippen molar-refractivity contribution in [3.05, 3.63) is 42.0 Å². The van der Waals surface area contributed by atoms with Crippen LogP contribution >= 0.6 is 0 Å². The molecule has 116 valence electrons. The topological polar surface area (TPSA) is 32.3 Å². The maximum absolute atomic E-state index is 12.3. The molecular formula is C19H24N2O. The molecule has 2 aromatic rings. The van der Waals surface area contributed by atoms with E-state index in [-0.39, 0.29) is 5.91 Å². The second kappa shape index (κ2) is 6.49. The average Bonchev–Trinajstić information content (AvgIpc) is 2.54. The molecule has 0 heterocycles. The van der Waals surface area contributed by atoms with Crippen molar-refractivity contribution >= 4 is 22.4 Å². The Morgan fingerprint density at radius 3 is 2.55 bits per heavy atom. The lowest BCUT2D eigenvalue weighted by atomic mass is 9.96. The Hall–Kier alpha value is -1.87. The highest BCUT2D eigenvalue weighted by Crippen LogP contribution is 2.30. The number of rotatable bonds is 3. The average molecular weight is 296 g/mol. The monoisotopic (exact) mass is 296 g/mol. The number of aryl methyl sites for hydroxylation is 1. The highest BCUT2D eigenvalue weighted by atomic mass is 16.2. The lowest BCUT2D eigenvalue weighted by Gasteiger charge is -2.32. The molecule has 3 rings (SSSR count). The van der Waals surface area contributed by atoms with Gasteiger partial charge in [0, 0.05) is 18.4 Å². The molecule has 2 aromatic carbocycles. The first-order valence-electron chi connectivity index (χ1n) is 8.22. The molecule has 3 heteroatoms. The summed E-state index contributed by atoms with van der Waals surface area (Å²) < 4.78 is 0. The van der Waals surface area contributed by atoms with Crippen LogP contribution < -0.4 is 10.4 Å². The molecule has 0 unspecified atom stereocenters. The second-order valence-corrected chi connectivity index (χ2v) is 6.27. The number of hydrazine groups is 1. The Morgan fingerprint density at radius 2 is 1.82 bits per heavy atom. The van der Waals surface area contributed by atoms with Crippen molar-refractivity contribution in [3.8, 4) is 0 Å². The van der Waals surface area contributed by atoms with E-state index in [4.69, 9.17) is 0 Å². The maximum Gasteiger partial charge on any atom is 0.238 e. The quantitative estimate of drug-likeness (QED) is 0.855. The number of carbonyl (C=O) groups excluding carboxylic acids is 1. The van der Waals surface area contributed by atoms with Crippen molar-refractivity contribution in [1.82, 2.24) is 5.43 Å². The number of hydrogen-bond donors (Lipinski definition) is 1. The summed E-state index contributed by atoms with van der Waals surface area (Å²) in [6.07, 6.45) is 6.10. The molecule has 0 saturated heterocycles. The van der Waals surface area contributed by atoms with E-state index in [1.54, 1.807) is 11.9 Å². The largest absolute Gasteiger partial charge is 0.273 e. The highest BCUT2D eigenvalue weighted by Gasteiger charge is 2.22. The van der Waals surface area contributed by atoms with Gasteiger partial charge in [0.25, 0.3) is 0 Å². The molecule has 0 bridgehead atoms. The van der Waals surface area contributed by atoms with Crippen LogP contribution in [-0.2, 0) is 4.79 Å². The van der Waals surface area contributed by atoms with Gasteiger partial charge in [0.1, 0.15) is 0 Å². The van der Waals surface area contributed by atoms with E-state index in [2.05, 4.69) is 36.6 Å². The van der Waals surface area contributed by atoms with E-state index in [0.29, 0.717) is 6.04 Å². The van der Waals surface area contributed by atoms with Crippen molar-refractivity contribution in [3.63, 3.8) is 0 Å². The lowest BCUT2D eigenvalue weighted by molar-refractivity contribution is -0.117. The normalized spacial score (nSPS) is 15.9.